The van der Waals surface area contributed by atoms with Gasteiger partial charge >= 0.3 is 0 Å². The van der Waals surface area contributed by atoms with E-state index in [9.17, 15) is 4.79 Å². The Morgan fingerprint density at radius 1 is 1.00 bits per heavy atom. The second-order valence-corrected chi connectivity index (χ2v) is 4.67. The van der Waals surface area contributed by atoms with Crippen molar-refractivity contribution in [2.24, 2.45) is 0 Å². The number of carbonyl (C=O) groups is 1. The maximum atomic E-state index is 12.1. The van der Waals surface area contributed by atoms with Gasteiger partial charge in [-0.15, -0.1) is 0 Å². The minimum absolute atomic E-state index is 0.0329. The van der Waals surface area contributed by atoms with Crippen LogP contribution in [0, 0.1) is 3.57 Å². The zero-order valence-corrected chi connectivity index (χ0v) is 10.6. The molecule has 2 nitrogen and oxygen atoms in total. The summed E-state index contributed by atoms with van der Waals surface area (Å²) in [4.78, 5) is 12.1. The number of benzene rings is 2. The Morgan fingerprint density at radius 2 is 1.62 bits per heavy atom. The summed E-state index contributed by atoms with van der Waals surface area (Å²) in [5.41, 5.74) is 7.51. The molecule has 0 saturated carbocycles. The summed E-state index contributed by atoms with van der Waals surface area (Å²) in [6.45, 7) is 0. The van der Waals surface area contributed by atoms with Crippen LogP contribution in [0.15, 0.2) is 48.5 Å². The van der Waals surface area contributed by atoms with Crippen LogP contribution >= 0.6 is 22.6 Å². The first-order valence-corrected chi connectivity index (χ1v) is 5.91. The van der Waals surface area contributed by atoms with Gasteiger partial charge in [-0.3, -0.25) is 4.79 Å². The van der Waals surface area contributed by atoms with Gasteiger partial charge in [0.05, 0.1) is 0 Å². The van der Waals surface area contributed by atoms with Crippen LogP contribution < -0.4 is 5.73 Å². The Hall–Kier alpha value is -1.36. The van der Waals surface area contributed by atoms with Crippen LogP contribution in [0.1, 0.15) is 15.9 Å². The highest BCUT2D eigenvalue weighted by atomic mass is 127. The van der Waals surface area contributed by atoms with Crippen LogP contribution in [-0.4, -0.2) is 5.78 Å². The molecular formula is C13H10INO. The molecule has 0 aliphatic carbocycles. The number of anilines is 1. The first-order valence-electron chi connectivity index (χ1n) is 4.83. The van der Waals surface area contributed by atoms with Crippen LogP contribution in [0.4, 0.5) is 5.69 Å². The van der Waals surface area contributed by atoms with E-state index in [-0.39, 0.29) is 5.78 Å². The smallest absolute Gasteiger partial charge is 0.195 e. The fourth-order valence-corrected chi connectivity index (χ4v) is 1.82. The monoisotopic (exact) mass is 323 g/mol. The molecule has 16 heavy (non-hydrogen) atoms. The number of ketones is 1. The molecule has 0 saturated heterocycles. The topological polar surface area (TPSA) is 43.1 Å². The molecule has 0 fully saturated rings. The average Bonchev–Trinajstić information content (AvgIpc) is 2.30. The largest absolute Gasteiger partial charge is 0.398 e. The van der Waals surface area contributed by atoms with Gasteiger partial charge in [0.25, 0.3) is 0 Å². The molecule has 0 aliphatic rings. The van der Waals surface area contributed by atoms with Gasteiger partial charge in [-0.1, -0.05) is 12.1 Å². The number of nitrogen functional groups attached to an aromatic ring is 1. The predicted octanol–water partition coefficient (Wildman–Crippen LogP) is 3.10. The minimum Gasteiger partial charge on any atom is -0.398 e. The van der Waals surface area contributed by atoms with Gasteiger partial charge in [0.2, 0.25) is 0 Å². The summed E-state index contributed by atoms with van der Waals surface area (Å²) in [6, 6.07) is 14.6. The number of hydrogen-bond acceptors (Lipinski definition) is 2. The summed E-state index contributed by atoms with van der Waals surface area (Å²) >= 11 is 2.21. The number of hydrogen-bond donors (Lipinski definition) is 1. The normalized spacial score (nSPS) is 10.1. The zero-order chi connectivity index (χ0) is 11.5. The fraction of sp³-hybridized carbons (Fsp3) is 0. The maximum Gasteiger partial charge on any atom is 0.195 e. The van der Waals surface area contributed by atoms with E-state index < -0.39 is 0 Å². The van der Waals surface area contributed by atoms with Crippen LogP contribution in [0.25, 0.3) is 0 Å². The molecule has 2 aromatic rings. The van der Waals surface area contributed by atoms with Gasteiger partial charge in [0.15, 0.2) is 5.78 Å². The third kappa shape index (κ3) is 2.24. The number of para-hydroxylation sites is 1. The van der Waals surface area contributed by atoms with Crippen molar-refractivity contribution >= 4 is 34.1 Å². The highest BCUT2D eigenvalue weighted by molar-refractivity contribution is 14.1. The Labute approximate surface area is 108 Å². The van der Waals surface area contributed by atoms with Crippen LogP contribution in [0.2, 0.25) is 0 Å². The second kappa shape index (κ2) is 4.65. The van der Waals surface area contributed by atoms with Gasteiger partial charge in [0.1, 0.15) is 0 Å². The average molecular weight is 323 g/mol. The van der Waals surface area contributed by atoms with E-state index in [4.69, 9.17) is 5.73 Å². The highest BCUT2D eigenvalue weighted by Crippen LogP contribution is 2.17. The first-order chi connectivity index (χ1) is 7.68. The summed E-state index contributed by atoms with van der Waals surface area (Å²) in [6.07, 6.45) is 0. The van der Waals surface area contributed by atoms with E-state index >= 15 is 0 Å². The highest BCUT2D eigenvalue weighted by Gasteiger charge is 2.10. The number of carbonyl (C=O) groups excluding carboxylic acids is 1. The van der Waals surface area contributed by atoms with Crippen LogP contribution in [0.3, 0.4) is 0 Å². The van der Waals surface area contributed by atoms with E-state index in [0.29, 0.717) is 16.8 Å². The Balaban J connectivity index is 2.40. The molecule has 2 N–H and O–H groups in total. The maximum absolute atomic E-state index is 12.1. The Bertz CT molecular complexity index is 520. The molecule has 0 heterocycles. The lowest BCUT2D eigenvalue weighted by Crippen LogP contribution is -2.04. The Kier molecular flexibility index (Phi) is 3.24. The van der Waals surface area contributed by atoms with Crippen LogP contribution in [0.5, 0.6) is 0 Å². The standard InChI is InChI=1S/C13H10INO/c14-10-7-5-9(6-8-10)13(16)11-3-1-2-4-12(11)15/h1-8H,15H2. The predicted molar refractivity (Wildman–Crippen MR) is 73.4 cm³/mol. The van der Waals surface area contributed by atoms with Crippen LogP contribution in [-0.2, 0) is 0 Å². The lowest BCUT2D eigenvalue weighted by atomic mass is 10.0. The molecule has 2 rings (SSSR count). The van der Waals surface area contributed by atoms with E-state index in [1.165, 1.54) is 0 Å². The molecule has 0 aliphatic heterocycles. The third-order valence-electron chi connectivity index (χ3n) is 2.31. The quantitative estimate of drug-likeness (QED) is 0.524. The molecule has 0 unspecified atom stereocenters. The van der Waals surface area contributed by atoms with Crippen molar-refractivity contribution < 1.29 is 4.79 Å². The van der Waals surface area contributed by atoms with Crippen molar-refractivity contribution in [3.63, 3.8) is 0 Å². The summed E-state index contributed by atoms with van der Waals surface area (Å²) in [5, 5.41) is 0. The van der Waals surface area contributed by atoms with Crippen molar-refractivity contribution in [1.82, 2.24) is 0 Å². The van der Waals surface area contributed by atoms with Gasteiger partial charge < -0.3 is 5.73 Å². The summed E-state index contributed by atoms with van der Waals surface area (Å²) in [5.74, 6) is -0.0329. The second-order valence-electron chi connectivity index (χ2n) is 3.42. The molecule has 0 atom stereocenters. The molecule has 0 aromatic heterocycles. The lowest BCUT2D eigenvalue weighted by molar-refractivity contribution is 0.103. The molecule has 0 bridgehead atoms. The van der Waals surface area contributed by atoms with Gasteiger partial charge in [-0.25, -0.2) is 0 Å². The van der Waals surface area contributed by atoms with E-state index in [0.717, 1.165) is 3.57 Å². The molecule has 0 radical (unpaired) electrons. The lowest BCUT2D eigenvalue weighted by Gasteiger charge is -2.04. The van der Waals surface area contributed by atoms with Crippen molar-refractivity contribution in [3.8, 4) is 0 Å². The molecule has 80 valence electrons. The summed E-state index contributed by atoms with van der Waals surface area (Å²) in [7, 11) is 0. The number of nitrogens with two attached hydrogens (primary N) is 1. The minimum atomic E-state index is -0.0329. The van der Waals surface area contributed by atoms with E-state index in [1.54, 1.807) is 12.1 Å². The molecule has 2 aromatic carbocycles. The van der Waals surface area contributed by atoms with Gasteiger partial charge in [0, 0.05) is 20.4 Å². The Morgan fingerprint density at radius 3 is 2.25 bits per heavy atom. The van der Waals surface area contributed by atoms with E-state index in [2.05, 4.69) is 22.6 Å². The van der Waals surface area contributed by atoms with Gasteiger partial charge in [-0.05, 0) is 59.0 Å². The van der Waals surface area contributed by atoms with Crippen molar-refractivity contribution in [2.45, 2.75) is 0 Å². The van der Waals surface area contributed by atoms with Crippen molar-refractivity contribution in [3.05, 3.63) is 63.2 Å². The number of halogens is 1. The zero-order valence-electron chi connectivity index (χ0n) is 8.48. The summed E-state index contributed by atoms with van der Waals surface area (Å²) < 4.78 is 1.11. The first kappa shape index (κ1) is 11.1. The molecule has 3 heteroatoms. The van der Waals surface area contributed by atoms with Gasteiger partial charge in [-0.2, -0.15) is 0 Å². The fourth-order valence-electron chi connectivity index (χ4n) is 1.46. The van der Waals surface area contributed by atoms with Crippen molar-refractivity contribution in [2.75, 3.05) is 5.73 Å². The molecule has 0 amide bonds. The van der Waals surface area contributed by atoms with Crippen molar-refractivity contribution in [1.29, 1.82) is 0 Å². The third-order valence-corrected chi connectivity index (χ3v) is 3.03. The molecule has 0 spiro atoms. The number of rotatable bonds is 2. The van der Waals surface area contributed by atoms with E-state index in [1.807, 2.05) is 36.4 Å². The molecular weight excluding hydrogens is 313 g/mol. The SMILES string of the molecule is Nc1ccccc1C(=O)c1ccc(I)cc1.